The van der Waals surface area contributed by atoms with Gasteiger partial charge in [0.2, 0.25) is 0 Å². The SMILES string of the molecule is COC(C)C(=O)N1CCCC1C1CCCNC1. The molecule has 1 amide bonds. The number of nitrogens with one attached hydrogen (secondary N) is 1. The van der Waals surface area contributed by atoms with Gasteiger partial charge in [-0.3, -0.25) is 4.79 Å². The van der Waals surface area contributed by atoms with Crippen molar-refractivity contribution in [3.8, 4) is 0 Å². The predicted molar refractivity (Wildman–Crippen MR) is 66.8 cm³/mol. The fourth-order valence-electron chi connectivity index (χ4n) is 3.10. The van der Waals surface area contributed by atoms with Crippen LogP contribution in [0.3, 0.4) is 0 Å². The van der Waals surface area contributed by atoms with Crippen LogP contribution >= 0.6 is 0 Å². The number of hydrogen-bond donors (Lipinski definition) is 1. The highest BCUT2D eigenvalue weighted by molar-refractivity contribution is 5.81. The van der Waals surface area contributed by atoms with Gasteiger partial charge in [0.25, 0.3) is 5.91 Å². The van der Waals surface area contributed by atoms with Crippen LogP contribution in [-0.4, -0.2) is 49.7 Å². The van der Waals surface area contributed by atoms with Gasteiger partial charge < -0.3 is 15.0 Å². The van der Waals surface area contributed by atoms with Crippen LogP contribution in [0.4, 0.5) is 0 Å². The molecule has 2 heterocycles. The Kier molecular flexibility index (Phi) is 4.40. The lowest BCUT2D eigenvalue weighted by Crippen LogP contribution is -2.48. The molecule has 4 nitrogen and oxygen atoms in total. The maximum Gasteiger partial charge on any atom is 0.251 e. The predicted octanol–water partition coefficient (Wildman–Crippen LogP) is 1.01. The van der Waals surface area contributed by atoms with Gasteiger partial charge >= 0.3 is 0 Å². The molecule has 0 saturated carbocycles. The molecule has 0 spiro atoms. The number of hydrogen-bond acceptors (Lipinski definition) is 3. The van der Waals surface area contributed by atoms with Gasteiger partial charge in [0.15, 0.2) is 0 Å². The monoisotopic (exact) mass is 240 g/mol. The number of carbonyl (C=O) groups excluding carboxylic acids is 1. The zero-order chi connectivity index (χ0) is 12.3. The minimum atomic E-state index is -0.299. The molecule has 2 saturated heterocycles. The lowest BCUT2D eigenvalue weighted by atomic mass is 9.90. The van der Waals surface area contributed by atoms with E-state index in [1.165, 1.54) is 12.8 Å². The number of rotatable bonds is 3. The lowest BCUT2D eigenvalue weighted by Gasteiger charge is -2.35. The molecule has 2 aliphatic rings. The molecule has 0 radical (unpaired) electrons. The van der Waals surface area contributed by atoms with Crippen LogP contribution in [-0.2, 0) is 9.53 Å². The Morgan fingerprint density at radius 1 is 1.41 bits per heavy atom. The lowest BCUT2D eigenvalue weighted by molar-refractivity contribution is -0.142. The average Bonchev–Trinajstić information content (AvgIpc) is 2.87. The van der Waals surface area contributed by atoms with Gasteiger partial charge in [0.05, 0.1) is 0 Å². The Morgan fingerprint density at radius 2 is 2.24 bits per heavy atom. The number of nitrogens with zero attached hydrogens (tertiary/aromatic N) is 1. The van der Waals surface area contributed by atoms with E-state index in [9.17, 15) is 4.79 Å². The van der Waals surface area contributed by atoms with Gasteiger partial charge in [-0.05, 0) is 51.6 Å². The molecule has 0 aromatic heterocycles. The van der Waals surface area contributed by atoms with Crippen LogP contribution in [0.1, 0.15) is 32.6 Å². The first kappa shape index (κ1) is 12.8. The summed E-state index contributed by atoms with van der Waals surface area (Å²) in [5.74, 6) is 0.805. The molecule has 2 aliphatic heterocycles. The molecule has 1 N–H and O–H groups in total. The summed E-state index contributed by atoms with van der Waals surface area (Å²) in [7, 11) is 1.61. The van der Waals surface area contributed by atoms with Crippen molar-refractivity contribution in [1.29, 1.82) is 0 Å². The minimum Gasteiger partial charge on any atom is -0.372 e. The third-order valence-corrected chi connectivity index (χ3v) is 4.16. The van der Waals surface area contributed by atoms with Gasteiger partial charge in [0.1, 0.15) is 6.10 Å². The van der Waals surface area contributed by atoms with E-state index < -0.39 is 0 Å². The first-order valence-electron chi connectivity index (χ1n) is 6.78. The van der Waals surface area contributed by atoms with Crippen molar-refractivity contribution < 1.29 is 9.53 Å². The first-order chi connectivity index (χ1) is 8.24. The van der Waals surface area contributed by atoms with E-state index in [1.807, 2.05) is 6.92 Å². The standard InChI is InChI=1S/C13H24N2O2/c1-10(17-2)13(16)15-8-4-6-12(15)11-5-3-7-14-9-11/h10-12,14H,3-9H2,1-2H3. The van der Waals surface area contributed by atoms with E-state index in [4.69, 9.17) is 4.74 Å². The maximum absolute atomic E-state index is 12.2. The van der Waals surface area contributed by atoms with Crippen LogP contribution in [0.25, 0.3) is 0 Å². The zero-order valence-electron chi connectivity index (χ0n) is 10.9. The largest absolute Gasteiger partial charge is 0.372 e. The van der Waals surface area contributed by atoms with E-state index in [0.29, 0.717) is 12.0 Å². The Labute approximate surface area is 104 Å². The molecule has 0 bridgehead atoms. The molecule has 3 atom stereocenters. The van der Waals surface area contributed by atoms with Crippen LogP contribution in [0.2, 0.25) is 0 Å². The van der Waals surface area contributed by atoms with Gasteiger partial charge in [-0.15, -0.1) is 0 Å². The molecular weight excluding hydrogens is 216 g/mol. The Morgan fingerprint density at radius 3 is 2.88 bits per heavy atom. The molecule has 0 aromatic rings. The summed E-state index contributed by atoms with van der Waals surface area (Å²) in [6.45, 7) is 4.95. The van der Waals surface area contributed by atoms with E-state index in [-0.39, 0.29) is 12.0 Å². The summed E-state index contributed by atoms with van der Waals surface area (Å²) in [5.41, 5.74) is 0. The van der Waals surface area contributed by atoms with Gasteiger partial charge in [0, 0.05) is 19.7 Å². The topological polar surface area (TPSA) is 41.6 Å². The number of methoxy groups -OCH3 is 1. The molecule has 2 rings (SSSR count). The molecule has 17 heavy (non-hydrogen) atoms. The van der Waals surface area contributed by atoms with Crippen molar-refractivity contribution in [3.63, 3.8) is 0 Å². The molecule has 0 aliphatic carbocycles. The third kappa shape index (κ3) is 2.80. The maximum atomic E-state index is 12.2. The minimum absolute atomic E-state index is 0.167. The zero-order valence-corrected chi connectivity index (χ0v) is 10.9. The van der Waals surface area contributed by atoms with Crippen LogP contribution in [0.15, 0.2) is 0 Å². The Hall–Kier alpha value is -0.610. The van der Waals surface area contributed by atoms with E-state index in [1.54, 1.807) is 7.11 Å². The number of amides is 1. The molecule has 0 aromatic carbocycles. The Balaban J connectivity index is 1.98. The number of likely N-dealkylation sites (tertiary alicyclic amines) is 1. The number of ether oxygens (including phenoxy) is 1. The molecule has 98 valence electrons. The van der Waals surface area contributed by atoms with Crippen LogP contribution in [0, 0.1) is 5.92 Å². The second-order valence-electron chi connectivity index (χ2n) is 5.23. The highest BCUT2D eigenvalue weighted by atomic mass is 16.5. The average molecular weight is 240 g/mol. The molecule has 2 fully saturated rings. The molecule has 3 unspecified atom stereocenters. The fraction of sp³-hybridized carbons (Fsp3) is 0.923. The van der Waals surface area contributed by atoms with Crippen molar-refractivity contribution in [2.45, 2.75) is 44.8 Å². The molecule has 4 heteroatoms. The van der Waals surface area contributed by atoms with Crippen LogP contribution < -0.4 is 5.32 Å². The smallest absolute Gasteiger partial charge is 0.251 e. The summed E-state index contributed by atoms with van der Waals surface area (Å²) in [6, 6.07) is 0.438. The van der Waals surface area contributed by atoms with Crippen LogP contribution in [0.5, 0.6) is 0 Å². The summed E-state index contributed by atoms with van der Waals surface area (Å²) in [5, 5.41) is 3.45. The highest BCUT2D eigenvalue weighted by Gasteiger charge is 2.36. The summed E-state index contributed by atoms with van der Waals surface area (Å²) in [6.07, 6.45) is 4.50. The number of piperidine rings is 1. The first-order valence-corrected chi connectivity index (χ1v) is 6.78. The second kappa shape index (κ2) is 5.83. The summed E-state index contributed by atoms with van der Waals surface area (Å²) < 4.78 is 5.15. The third-order valence-electron chi connectivity index (χ3n) is 4.16. The van der Waals surface area contributed by atoms with Crippen molar-refractivity contribution in [1.82, 2.24) is 10.2 Å². The summed E-state index contributed by atoms with van der Waals surface area (Å²) in [4.78, 5) is 14.3. The summed E-state index contributed by atoms with van der Waals surface area (Å²) >= 11 is 0. The normalized spacial score (nSPS) is 31.5. The van der Waals surface area contributed by atoms with E-state index in [0.717, 1.165) is 32.5 Å². The number of carbonyl (C=O) groups is 1. The fourth-order valence-corrected chi connectivity index (χ4v) is 3.10. The van der Waals surface area contributed by atoms with Gasteiger partial charge in [-0.25, -0.2) is 0 Å². The highest BCUT2D eigenvalue weighted by Crippen LogP contribution is 2.28. The molecular formula is C13H24N2O2. The van der Waals surface area contributed by atoms with Gasteiger partial charge in [-0.1, -0.05) is 0 Å². The quantitative estimate of drug-likeness (QED) is 0.800. The Bertz CT molecular complexity index is 264. The van der Waals surface area contributed by atoms with Crippen molar-refractivity contribution >= 4 is 5.91 Å². The van der Waals surface area contributed by atoms with Crippen molar-refractivity contribution in [2.24, 2.45) is 5.92 Å². The second-order valence-corrected chi connectivity index (χ2v) is 5.23. The van der Waals surface area contributed by atoms with Crippen molar-refractivity contribution in [2.75, 3.05) is 26.7 Å². The van der Waals surface area contributed by atoms with Crippen molar-refractivity contribution in [3.05, 3.63) is 0 Å². The van der Waals surface area contributed by atoms with E-state index >= 15 is 0 Å². The van der Waals surface area contributed by atoms with E-state index in [2.05, 4.69) is 10.2 Å². The van der Waals surface area contributed by atoms with Gasteiger partial charge in [-0.2, -0.15) is 0 Å².